The largest absolute Gasteiger partial charge is 0.348 e. The number of rotatable bonds is 9. The summed E-state index contributed by atoms with van der Waals surface area (Å²) in [5.41, 5.74) is 9.65. The van der Waals surface area contributed by atoms with Crippen molar-refractivity contribution >= 4 is 17.5 Å². The molecule has 2 amide bonds. The molecule has 1 saturated carbocycles. The molecule has 0 bridgehead atoms. The summed E-state index contributed by atoms with van der Waals surface area (Å²) in [6.45, 7) is 7.70. The molecular formula is C29H42N4O2. The standard InChI is InChI=1S/C29H42N4O2/c1-29(2,3)19-27(34)31-26-18-22(28(35)32-25-13-9-8-12-24(25)30)14-15-23(26)20-33(4)17-16-21-10-6-5-7-11-21/h5-7,10-11,14-15,18,24-25H,8-9,12-13,16-17,19-20,30H2,1-4H3,(H,31,34)(H,32,35). The van der Waals surface area contributed by atoms with E-state index in [9.17, 15) is 9.59 Å². The fourth-order valence-corrected chi connectivity index (χ4v) is 4.57. The maximum atomic E-state index is 13.0. The second-order valence-electron chi connectivity index (χ2n) is 11.2. The highest BCUT2D eigenvalue weighted by Crippen LogP contribution is 2.24. The van der Waals surface area contributed by atoms with E-state index in [1.54, 1.807) is 0 Å². The molecule has 1 aliphatic rings. The van der Waals surface area contributed by atoms with Gasteiger partial charge in [0.05, 0.1) is 0 Å². The van der Waals surface area contributed by atoms with Crippen molar-refractivity contribution in [3.05, 3.63) is 65.2 Å². The molecule has 0 aromatic heterocycles. The molecule has 0 heterocycles. The molecule has 0 spiro atoms. The van der Waals surface area contributed by atoms with E-state index in [1.165, 1.54) is 5.56 Å². The van der Waals surface area contributed by atoms with Crippen LogP contribution in [0.15, 0.2) is 48.5 Å². The molecule has 1 fully saturated rings. The highest BCUT2D eigenvalue weighted by molar-refractivity contribution is 5.98. The molecule has 4 N–H and O–H groups in total. The van der Waals surface area contributed by atoms with Crippen LogP contribution in [0.5, 0.6) is 0 Å². The van der Waals surface area contributed by atoms with E-state index in [4.69, 9.17) is 5.73 Å². The van der Waals surface area contributed by atoms with Gasteiger partial charge in [-0.25, -0.2) is 0 Å². The van der Waals surface area contributed by atoms with E-state index in [0.29, 0.717) is 24.2 Å². The van der Waals surface area contributed by atoms with Gasteiger partial charge in [-0.15, -0.1) is 0 Å². The smallest absolute Gasteiger partial charge is 0.251 e. The number of likely N-dealkylation sites (N-methyl/N-ethyl adjacent to an activating group) is 1. The maximum absolute atomic E-state index is 13.0. The van der Waals surface area contributed by atoms with E-state index >= 15 is 0 Å². The molecular weight excluding hydrogens is 436 g/mol. The molecule has 0 aliphatic heterocycles. The summed E-state index contributed by atoms with van der Waals surface area (Å²) in [4.78, 5) is 28.0. The minimum absolute atomic E-state index is 0.000946. The Balaban J connectivity index is 1.73. The van der Waals surface area contributed by atoms with Crippen LogP contribution in [-0.2, 0) is 17.8 Å². The van der Waals surface area contributed by atoms with Gasteiger partial charge < -0.3 is 21.3 Å². The third kappa shape index (κ3) is 8.79. The number of anilines is 1. The molecule has 6 heteroatoms. The normalized spacial score (nSPS) is 18.3. The minimum Gasteiger partial charge on any atom is -0.348 e. The predicted octanol–water partition coefficient (Wildman–Crippen LogP) is 4.74. The minimum atomic E-state index is -0.136. The van der Waals surface area contributed by atoms with Crippen molar-refractivity contribution in [2.75, 3.05) is 18.9 Å². The van der Waals surface area contributed by atoms with Gasteiger partial charge in [0, 0.05) is 42.8 Å². The van der Waals surface area contributed by atoms with E-state index in [1.807, 2.05) is 45.0 Å². The third-order valence-electron chi connectivity index (χ3n) is 6.54. The Labute approximate surface area is 210 Å². The fraction of sp³-hybridized carbons (Fsp3) is 0.517. The van der Waals surface area contributed by atoms with Crippen LogP contribution in [0.4, 0.5) is 5.69 Å². The summed E-state index contributed by atoms with van der Waals surface area (Å²) in [5, 5.41) is 6.20. The Kier molecular flexibility index (Phi) is 9.47. The number of carbonyl (C=O) groups excluding carboxylic acids is 2. The summed E-state index contributed by atoms with van der Waals surface area (Å²) in [6.07, 6.45) is 5.40. The van der Waals surface area contributed by atoms with Crippen LogP contribution >= 0.6 is 0 Å². The lowest BCUT2D eigenvalue weighted by atomic mass is 9.91. The van der Waals surface area contributed by atoms with Gasteiger partial charge >= 0.3 is 0 Å². The Morgan fingerprint density at radius 3 is 2.46 bits per heavy atom. The van der Waals surface area contributed by atoms with Crippen LogP contribution in [-0.4, -0.2) is 42.4 Å². The molecule has 35 heavy (non-hydrogen) atoms. The highest BCUT2D eigenvalue weighted by Gasteiger charge is 2.24. The zero-order valence-electron chi connectivity index (χ0n) is 21.8. The van der Waals surface area contributed by atoms with Crippen LogP contribution < -0.4 is 16.4 Å². The van der Waals surface area contributed by atoms with Crippen LogP contribution in [0.25, 0.3) is 0 Å². The number of hydrogen-bond acceptors (Lipinski definition) is 4. The van der Waals surface area contributed by atoms with Crippen molar-refractivity contribution < 1.29 is 9.59 Å². The molecule has 0 saturated heterocycles. The maximum Gasteiger partial charge on any atom is 0.251 e. The average Bonchev–Trinajstić information content (AvgIpc) is 2.79. The quantitative estimate of drug-likeness (QED) is 0.486. The first-order valence-electron chi connectivity index (χ1n) is 12.8. The van der Waals surface area contributed by atoms with Crippen molar-refractivity contribution in [1.29, 1.82) is 0 Å². The van der Waals surface area contributed by atoms with Crippen molar-refractivity contribution in [1.82, 2.24) is 10.2 Å². The van der Waals surface area contributed by atoms with Gasteiger partial charge in [0.15, 0.2) is 0 Å². The summed E-state index contributed by atoms with van der Waals surface area (Å²) in [7, 11) is 2.08. The van der Waals surface area contributed by atoms with E-state index < -0.39 is 0 Å². The molecule has 2 aromatic rings. The zero-order chi connectivity index (χ0) is 25.4. The summed E-state index contributed by atoms with van der Waals surface area (Å²) >= 11 is 0. The topological polar surface area (TPSA) is 87.5 Å². The fourth-order valence-electron chi connectivity index (χ4n) is 4.57. The van der Waals surface area contributed by atoms with Gasteiger partial charge in [-0.1, -0.05) is 70.0 Å². The van der Waals surface area contributed by atoms with Gasteiger partial charge in [-0.3, -0.25) is 9.59 Å². The molecule has 2 unspecified atom stereocenters. The van der Waals surface area contributed by atoms with Crippen LogP contribution in [0.1, 0.15) is 74.4 Å². The lowest BCUT2D eigenvalue weighted by Crippen LogP contribution is -2.49. The monoisotopic (exact) mass is 478 g/mol. The van der Waals surface area contributed by atoms with Crippen molar-refractivity contribution in [2.24, 2.45) is 11.1 Å². The molecule has 1 aliphatic carbocycles. The van der Waals surface area contributed by atoms with Gasteiger partial charge in [-0.05, 0) is 55.0 Å². The lowest BCUT2D eigenvalue weighted by Gasteiger charge is -2.29. The van der Waals surface area contributed by atoms with Crippen molar-refractivity contribution in [2.45, 2.75) is 77.9 Å². The zero-order valence-corrected chi connectivity index (χ0v) is 21.8. The van der Waals surface area contributed by atoms with Gasteiger partial charge in [0.25, 0.3) is 5.91 Å². The summed E-state index contributed by atoms with van der Waals surface area (Å²) in [5.74, 6) is -0.180. The molecule has 3 rings (SSSR count). The summed E-state index contributed by atoms with van der Waals surface area (Å²) in [6, 6.07) is 16.0. The summed E-state index contributed by atoms with van der Waals surface area (Å²) < 4.78 is 0. The molecule has 2 atom stereocenters. The first-order valence-corrected chi connectivity index (χ1v) is 12.8. The molecule has 6 nitrogen and oxygen atoms in total. The number of benzene rings is 2. The average molecular weight is 479 g/mol. The SMILES string of the molecule is CN(CCc1ccccc1)Cc1ccc(C(=O)NC2CCCCC2N)cc1NC(=O)CC(C)(C)C. The second-order valence-corrected chi connectivity index (χ2v) is 11.2. The predicted molar refractivity (Wildman–Crippen MR) is 143 cm³/mol. The van der Waals surface area contributed by atoms with Crippen LogP contribution in [0.3, 0.4) is 0 Å². The first-order chi connectivity index (χ1) is 16.6. The Morgan fingerprint density at radius 1 is 1.06 bits per heavy atom. The van der Waals surface area contributed by atoms with E-state index in [-0.39, 0.29) is 29.3 Å². The highest BCUT2D eigenvalue weighted by atomic mass is 16.2. The first kappa shape index (κ1) is 26.9. The molecule has 2 aromatic carbocycles. The third-order valence-corrected chi connectivity index (χ3v) is 6.54. The number of amides is 2. The van der Waals surface area contributed by atoms with Gasteiger partial charge in [0.2, 0.25) is 5.91 Å². The Morgan fingerprint density at radius 2 is 1.77 bits per heavy atom. The number of carbonyl (C=O) groups is 2. The number of nitrogens with two attached hydrogens (primary N) is 1. The Bertz CT molecular complexity index is 984. The van der Waals surface area contributed by atoms with Gasteiger partial charge in [-0.2, -0.15) is 0 Å². The number of nitrogens with one attached hydrogen (secondary N) is 2. The molecule has 190 valence electrons. The number of nitrogens with zero attached hydrogens (tertiary/aromatic N) is 1. The van der Waals surface area contributed by atoms with Crippen molar-refractivity contribution in [3.63, 3.8) is 0 Å². The Hall–Kier alpha value is -2.70. The lowest BCUT2D eigenvalue weighted by molar-refractivity contribution is -0.117. The van der Waals surface area contributed by atoms with E-state index in [2.05, 4.69) is 46.8 Å². The van der Waals surface area contributed by atoms with Crippen LogP contribution in [0.2, 0.25) is 0 Å². The van der Waals surface area contributed by atoms with Crippen molar-refractivity contribution in [3.8, 4) is 0 Å². The van der Waals surface area contributed by atoms with Gasteiger partial charge in [0.1, 0.15) is 0 Å². The number of hydrogen-bond donors (Lipinski definition) is 3. The van der Waals surface area contributed by atoms with E-state index in [0.717, 1.165) is 44.2 Å². The van der Waals surface area contributed by atoms with Crippen LogP contribution in [0, 0.1) is 5.41 Å². The molecule has 0 radical (unpaired) electrons. The second kappa shape index (κ2) is 12.3.